The van der Waals surface area contributed by atoms with Crippen LogP contribution in [0.15, 0.2) is 18.3 Å². The number of urea groups is 1. The average Bonchev–Trinajstić information content (AvgIpc) is 2.37. The summed E-state index contributed by atoms with van der Waals surface area (Å²) < 4.78 is 0. The number of carboxylic acids is 1. The molecule has 1 heterocycles. The van der Waals surface area contributed by atoms with Crippen LogP contribution in [0.5, 0.6) is 0 Å². The van der Waals surface area contributed by atoms with Crippen LogP contribution in [0.25, 0.3) is 0 Å². The Labute approximate surface area is 110 Å². The van der Waals surface area contributed by atoms with E-state index in [9.17, 15) is 9.59 Å². The van der Waals surface area contributed by atoms with Crippen molar-refractivity contribution in [2.45, 2.75) is 26.0 Å². The van der Waals surface area contributed by atoms with Crippen LogP contribution in [0.2, 0.25) is 0 Å². The van der Waals surface area contributed by atoms with Gasteiger partial charge in [-0.05, 0) is 18.6 Å². The lowest BCUT2D eigenvalue weighted by Crippen LogP contribution is -2.37. The van der Waals surface area contributed by atoms with Crippen LogP contribution >= 0.6 is 0 Å². The Morgan fingerprint density at radius 3 is 2.79 bits per heavy atom. The summed E-state index contributed by atoms with van der Waals surface area (Å²) in [6, 6.07) is 3.28. The van der Waals surface area contributed by atoms with Gasteiger partial charge >= 0.3 is 12.0 Å². The molecule has 0 saturated carbocycles. The fourth-order valence-corrected chi connectivity index (χ4v) is 1.38. The first-order valence-corrected chi connectivity index (χ1v) is 5.83. The van der Waals surface area contributed by atoms with Crippen LogP contribution in [-0.2, 0) is 11.3 Å². The van der Waals surface area contributed by atoms with E-state index in [2.05, 4.69) is 15.6 Å². The lowest BCUT2D eigenvalue weighted by Gasteiger charge is -2.09. The number of nitrogens with one attached hydrogen (secondary N) is 2. The number of carbonyl (C=O) groups is 2. The molecule has 1 atom stereocenters. The highest BCUT2D eigenvalue weighted by Crippen LogP contribution is 2.01. The van der Waals surface area contributed by atoms with Crippen molar-refractivity contribution in [3.63, 3.8) is 0 Å². The van der Waals surface area contributed by atoms with E-state index in [1.807, 2.05) is 19.1 Å². The summed E-state index contributed by atoms with van der Waals surface area (Å²) in [5.41, 5.74) is 1.74. The molecule has 0 bridgehead atoms. The third kappa shape index (κ3) is 5.35. The second-order valence-corrected chi connectivity index (χ2v) is 4.02. The number of nitrogens with zero attached hydrogens (tertiary/aromatic N) is 1. The molecule has 0 saturated heterocycles. The van der Waals surface area contributed by atoms with Crippen LogP contribution in [0.1, 0.15) is 17.7 Å². The smallest absolute Gasteiger partial charge is 0.332 e. The summed E-state index contributed by atoms with van der Waals surface area (Å²) >= 11 is 0. The highest BCUT2D eigenvalue weighted by molar-refractivity contribution is 5.74. The second-order valence-electron chi connectivity index (χ2n) is 4.02. The number of amides is 2. The van der Waals surface area contributed by atoms with Gasteiger partial charge in [-0.15, -0.1) is 0 Å². The number of aryl methyl sites for hydroxylation is 1. The maximum atomic E-state index is 11.4. The Morgan fingerprint density at radius 2 is 2.16 bits per heavy atom. The summed E-state index contributed by atoms with van der Waals surface area (Å²) in [4.78, 5) is 25.9. The zero-order valence-electron chi connectivity index (χ0n) is 10.6. The molecule has 2 amide bonds. The van der Waals surface area contributed by atoms with Crippen molar-refractivity contribution in [3.05, 3.63) is 29.6 Å². The SMILES string of the molecule is Cc1cccnc1CNC(=O)NCC[C@H](O)C(=O)O. The number of aliphatic hydroxyl groups is 1. The molecule has 0 unspecified atom stereocenters. The van der Waals surface area contributed by atoms with Crippen LogP contribution < -0.4 is 10.6 Å². The van der Waals surface area contributed by atoms with E-state index in [0.717, 1.165) is 11.3 Å². The maximum Gasteiger partial charge on any atom is 0.332 e. The summed E-state index contributed by atoms with van der Waals surface area (Å²) in [5.74, 6) is -1.30. The fraction of sp³-hybridized carbons (Fsp3) is 0.417. The van der Waals surface area contributed by atoms with Gasteiger partial charge in [0.05, 0.1) is 12.2 Å². The minimum absolute atomic E-state index is 0.0363. The summed E-state index contributed by atoms with van der Waals surface area (Å²) in [7, 11) is 0. The second kappa shape index (κ2) is 7.32. The molecular formula is C12H17N3O4. The monoisotopic (exact) mass is 267 g/mol. The largest absolute Gasteiger partial charge is 0.479 e. The molecule has 0 aliphatic heterocycles. The highest BCUT2D eigenvalue weighted by atomic mass is 16.4. The number of carboxylic acid groups (broad SMARTS) is 1. The van der Waals surface area contributed by atoms with Crippen molar-refractivity contribution in [3.8, 4) is 0 Å². The van der Waals surface area contributed by atoms with E-state index in [4.69, 9.17) is 10.2 Å². The molecule has 0 fully saturated rings. The standard InChI is InChI=1S/C12H17N3O4/c1-8-3-2-5-13-9(8)7-15-12(19)14-6-4-10(16)11(17)18/h2-3,5,10,16H,4,6-7H2,1H3,(H,17,18)(H2,14,15,19)/t10-/m0/s1. The molecule has 19 heavy (non-hydrogen) atoms. The maximum absolute atomic E-state index is 11.4. The molecule has 0 radical (unpaired) electrons. The third-order valence-electron chi connectivity index (χ3n) is 2.52. The van der Waals surface area contributed by atoms with Gasteiger partial charge in [-0.3, -0.25) is 4.98 Å². The molecule has 1 aromatic rings. The Balaban J connectivity index is 2.25. The van der Waals surface area contributed by atoms with Crippen molar-refractivity contribution >= 4 is 12.0 Å². The molecule has 0 aliphatic rings. The quantitative estimate of drug-likeness (QED) is 0.581. The van der Waals surface area contributed by atoms with Gasteiger partial charge in [-0.2, -0.15) is 0 Å². The lowest BCUT2D eigenvalue weighted by atomic mass is 10.2. The van der Waals surface area contributed by atoms with Gasteiger partial charge in [0, 0.05) is 19.2 Å². The van der Waals surface area contributed by atoms with Gasteiger partial charge in [0.15, 0.2) is 6.10 Å². The van der Waals surface area contributed by atoms with Gasteiger partial charge < -0.3 is 20.8 Å². The molecule has 0 aliphatic carbocycles. The van der Waals surface area contributed by atoms with Crippen molar-refractivity contribution in [1.29, 1.82) is 0 Å². The van der Waals surface area contributed by atoms with E-state index < -0.39 is 18.1 Å². The third-order valence-corrected chi connectivity index (χ3v) is 2.52. The van der Waals surface area contributed by atoms with Crippen molar-refractivity contribution in [2.75, 3.05) is 6.54 Å². The number of aliphatic carboxylic acids is 1. The fourth-order valence-electron chi connectivity index (χ4n) is 1.38. The molecule has 104 valence electrons. The first-order valence-electron chi connectivity index (χ1n) is 5.83. The van der Waals surface area contributed by atoms with E-state index in [1.54, 1.807) is 6.20 Å². The van der Waals surface area contributed by atoms with Crippen LogP contribution in [0.3, 0.4) is 0 Å². The molecule has 0 aromatic carbocycles. The van der Waals surface area contributed by atoms with Gasteiger partial charge in [0.1, 0.15) is 0 Å². The Bertz CT molecular complexity index is 450. The summed E-state index contributed by atoms with van der Waals surface area (Å²) in [5, 5.41) is 22.5. The number of aromatic nitrogens is 1. The molecule has 1 rings (SSSR count). The van der Waals surface area contributed by atoms with E-state index in [0.29, 0.717) is 6.54 Å². The predicted octanol–water partition coefficient (Wildman–Crippen LogP) is 0.0248. The van der Waals surface area contributed by atoms with Gasteiger partial charge in [0.25, 0.3) is 0 Å². The molecular weight excluding hydrogens is 250 g/mol. The molecule has 1 aromatic heterocycles. The minimum atomic E-state index is -1.46. The number of aliphatic hydroxyl groups excluding tert-OH is 1. The van der Waals surface area contributed by atoms with Crippen LogP contribution in [-0.4, -0.2) is 39.8 Å². The topological polar surface area (TPSA) is 112 Å². The van der Waals surface area contributed by atoms with Crippen molar-refractivity contribution < 1.29 is 19.8 Å². The van der Waals surface area contributed by atoms with E-state index in [1.165, 1.54) is 0 Å². The first-order chi connectivity index (χ1) is 9.00. The molecule has 7 heteroatoms. The van der Waals surface area contributed by atoms with Crippen LogP contribution in [0.4, 0.5) is 4.79 Å². The highest BCUT2D eigenvalue weighted by Gasteiger charge is 2.12. The minimum Gasteiger partial charge on any atom is -0.479 e. The van der Waals surface area contributed by atoms with Gasteiger partial charge in [-0.25, -0.2) is 9.59 Å². The summed E-state index contributed by atoms with van der Waals surface area (Å²) in [6.07, 6.45) is 0.148. The Kier molecular flexibility index (Phi) is 5.74. The number of carbonyl (C=O) groups excluding carboxylic acids is 1. The number of rotatable bonds is 6. The lowest BCUT2D eigenvalue weighted by molar-refractivity contribution is -0.146. The van der Waals surface area contributed by atoms with Gasteiger partial charge in [-0.1, -0.05) is 6.07 Å². The Hall–Kier alpha value is -2.15. The molecule has 4 N–H and O–H groups in total. The summed E-state index contributed by atoms with van der Waals surface area (Å²) in [6.45, 7) is 2.27. The van der Waals surface area contributed by atoms with E-state index >= 15 is 0 Å². The predicted molar refractivity (Wildman–Crippen MR) is 67.5 cm³/mol. The molecule has 7 nitrogen and oxygen atoms in total. The number of hydrogen-bond donors (Lipinski definition) is 4. The first kappa shape index (κ1) is 14.9. The van der Waals surface area contributed by atoms with Gasteiger partial charge in [0.2, 0.25) is 0 Å². The Morgan fingerprint density at radius 1 is 1.42 bits per heavy atom. The van der Waals surface area contributed by atoms with Crippen LogP contribution in [0, 0.1) is 6.92 Å². The average molecular weight is 267 g/mol. The zero-order chi connectivity index (χ0) is 14.3. The van der Waals surface area contributed by atoms with Crippen molar-refractivity contribution in [2.24, 2.45) is 0 Å². The van der Waals surface area contributed by atoms with Crippen molar-refractivity contribution in [1.82, 2.24) is 15.6 Å². The number of pyridine rings is 1. The normalized spacial score (nSPS) is 11.7. The van der Waals surface area contributed by atoms with E-state index in [-0.39, 0.29) is 13.0 Å². The molecule has 0 spiro atoms. The number of hydrogen-bond acceptors (Lipinski definition) is 4. The zero-order valence-corrected chi connectivity index (χ0v) is 10.6.